The molecule has 3 rings (SSSR count). The molecule has 1 unspecified atom stereocenters. The maximum atomic E-state index is 10.6. The van der Waals surface area contributed by atoms with E-state index < -0.39 is 11.9 Å². The minimum Gasteiger partial charge on any atom is -0.461 e. The first-order valence-corrected chi connectivity index (χ1v) is 7.02. The third-order valence-corrected chi connectivity index (χ3v) is 3.67. The first kappa shape index (κ1) is 14.0. The van der Waals surface area contributed by atoms with Crippen LogP contribution in [0.1, 0.15) is 42.3 Å². The molecule has 0 aliphatic carbocycles. The van der Waals surface area contributed by atoms with Gasteiger partial charge >= 0.3 is 0 Å². The quantitative estimate of drug-likeness (QED) is 0.921. The van der Waals surface area contributed by atoms with Gasteiger partial charge in [0.2, 0.25) is 5.79 Å². The fourth-order valence-electron chi connectivity index (χ4n) is 2.51. The minimum absolute atomic E-state index is 0.408. The van der Waals surface area contributed by atoms with Crippen LogP contribution in [0.25, 0.3) is 0 Å². The summed E-state index contributed by atoms with van der Waals surface area (Å²) in [5.41, 5.74) is 3.25. The number of hydrogen-bond acceptors (Lipinski definition) is 4. The van der Waals surface area contributed by atoms with Gasteiger partial charge in [-0.3, -0.25) is 4.98 Å². The topological polar surface area (TPSA) is 51.6 Å². The zero-order valence-corrected chi connectivity index (χ0v) is 12.5. The Balaban J connectivity index is 2.05. The van der Waals surface area contributed by atoms with Gasteiger partial charge in [-0.2, -0.15) is 0 Å². The average Bonchev–Trinajstić information content (AvgIpc) is 2.48. The van der Waals surface area contributed by atoms with E-state index in [2.05, 4.69) is 4.98 Å². The van der Waals surface area contributed by atoms with Crippen LogP contribution in [-0.4, -0.2) is 15.9 Å². The summed E-state index contributed by atoms with van der Waals surface area (Å²) < 4.78 is 11.6. The van der Waals surface area contributed by atoms with Crippen LogP contribution in [0.4, 0.5) is 0 Å². The van der Waals surface area contributed by atoms with E-state index in [1.807, 2.05) is 51.1 Å². The van der Waals surface area contributed by atoms with Crippen molar-refractivity contribution < 1.29 is 14.6 Å². The number of aryl methyl sites for hydroxylation is 1. The van der Waals surface area contributed by atoms with E-state index in [4.69, 9.17) is 9.47 Å². The van der Waals surface area contributed by atoms with Gasteiger partial charge in [0.1, 0.15) is 11.9 Å². The van der Waals surface area contributed by atoms with Gasteiger partial charge in [-0.05, 0) is 12.5 Å². The standard InChI is InChI=1S/C17H19NO3/c1-11-16-14(10-20-17(2,3)21-16)13(9-18-11)15(19)12-7-5-4-6-8-12/h4-9,15,19H,10H2,1-3H3. The molecule has 0 saturated heterocycles. The number of aliphatic hydroxyl groups excluding tert-OH is 1. The lowest BCUT2D eigenvalue weighted by Gasteiger charge is -2.34. The number of benzene rings is 1. The summed E-state index contributed by atoms with van der Waals surface area (Å²) in [4.78, 5) is 4.36. The normalized spacial score (nSPS) is 17.7. The molecule has 1 aromatic carbocycles. The molecule has 1 atom stereocenters. The van der Waals surface area contributed by atoms with E-state index in [1.165, 1.54) is 0 Å². The predicted molar refractivity (Wildman–Crippen MR) is 79.0 cm³/mol. The highest BCUT2D eigenvalue weighted by Gasteiger charge is 2.32. The van der Waals surface area contributed by atoms with Crippen LogP contribution >= 0.6 is 0 Å². The minimum atomic E-state index is -0.735. The zero-order chi connectivity index (χ0) is 15.0. The van der Waals surface area contributed by atoms with Crippen molar-refractivity contribution in [3.05, 3.63) is 58.9 Å². The van der Waals surface area contributed by atoms with Gasteiger partial charge in [-0.1, -0.05) is 30.3 Å². The summed E-state index contributed by atoms with van der Waals surface area (Å²) in [7, 11) is 0. The van der Waals surface area contributed by atoms with Crippen LogP contribution in [0, 0.1) is 6.92 Å². The molecule has 0 fully saturated rings. The van der Waals surface area contributed by atoms with Crippen LogP contribution in [0.5, 0.6) is 5.75 Å². The summed E-state index contributed by atoms with van der Waals surface area (Å²) in [5, 5.41) is 10.6. The largest absolute Gasteiger partial charge is 0.461 e. The number of rotatable bonds is 2. The van der Waals surface area contributed by atoms with Crippen molar-refractivity contribution in [3.63, 3.8) is 0 Å². The van der Waals surface area contributed by atoms with E-state index in [-0.39, 0.29) is 0 Å². The fourth-order valence-corrected chi connectivity index (χ4v) is 2.51. The summed E-state index contributed by atoms with van der Waals surface area (Å²) >= 11 is 0. The van der Waals surface area contributed by atoms with Gasteiger partial charge in [0.25, 0.3) is 0 Å². The molecule has 1 aromatic heterocycles. The van der Waals surface area contributed by atoms with Gasteiger partial charge in [-0.15, -0.1) is 0 Å². The van der Waals surface area contributed by atoms with Gasteiger partial charge in [-0.25, -0.2) is 0 Å². The number of aromatic nitrogens is 1. The SMILES string of the molecule is Cc1ncc(C(O)c2ccccc2)c2c1OC(C)(C)OC2. The molecule has 4 heteroatoms. The Morgan fingerprint density at radius 1 is 1.24 bits per heavy atom. The number of nitrogens with zero attached hydrogens (tertiary/aromatic N) is 1. The van der Waals surface area contributed by atoms with Crippen LogP contribution in [-0.2, 0) is 11.3 Å². The van der Waals surface area contributed by atoms with Gasteiger partial charge in [0.05, 0.1) is 12.3 Å². The monoisotopic (exact) mass is 285 g/mol. The first-order valence-electron chi connectivity index (χ1n) is 7.02. The Morgan fingerprint density at radius 3 is 2.67 bits per heavy atom. The molecular weight excluding hydrogens is 266 g/mol. The number of fused-ring (bicyclic) bond motifs is 1. The van der Waals surface area contributed by atoms with Crippen LogP contribution in [0.2, 0.25) is 0 Å². The molecule has 0 amide bonds. The van der Waals surface area contributed by atoms with E-state index in [1.54, 1.807) is 6.20 Å². The van der Waals surface area contributed by atoms with E-state index in [0.29, 0.717) is 6.61 Å². The average molecular weight is 285 g/mol. The van der Waals surface area contributed by atoms with Crippen molar-refractivity contribution in [1.82, 2.24) is 4.98 Å². The van der Waals surface area contributed by atoms with Crippen molar-refractivity contribution in [2.24, 2.45) is 0 Å². The number of pyridine rings is 1. The Hall–Kier alpha value is -1.91. The lowest BCUT2D eigenvalue weighted by Crippen LogP contribution is -2.36. The van der Waals surface area contributed by atoms with E-state index in [0.717, 1.165) is 28.1 Å². The third-order valence-electron chi connectivity index (χ3n) is 3.67. The Labute approximate surface area is 124 Å². The molecule has 110 valence electrons. The van der Waals surface area contributed by atoms with Crippen molar-refractivity contribution in [1.29, 1.82) is 0 Å². The number of ether oxygens (including phenoxy) is 2. The van der Waals surface area contributed by atoms with Crippen LogP contribution in [0.3, 0.4) is 0 Å². The zero-order valence-electron chi connectivity index (χ0n) is 12.5. The summed E-state index contributed by atoms with van der Waals surface area (Å²) in [5.74, 6) is 0.0502. The Bertz CT molecular complexity index is 653. The summed E-state index contributed by atoms with van der Waals surface area (Å²) in [6.07, 6.45) is 0.970. The van der Waals surface area contributed by atoms with E-state index >= 15 is 0 Å². The van der Waals surface area contributed by atoms with Crippen LogP contribution in [0.15, 0.2) is 36.5 Å². The molecule has 0 bridgehead atoms. The summed E-state index contributed by atoms with van der Waals surface area (Å²) in [6, 6.07) is 9.52. The molecule has 2 aromatic rings. The second kappa shape index (κ2) is 5.13. The maximum absolute atomic E-state index is 10.6. The van der Waals surface area contributed by atoms with Crippen molar-refractivity contribution in [2.45, 2.75) is 39.3 Å². The molecule has 0 spiro atoms. The van der Waals surface area contributed by atoms with Crippen molar-refractivity contribution in [3.8, 4) is 5.75 Å². The Morgan fingerprint density at radius 2 is 1.95 bits per heavy atom. The molecule has 2 heterocycles. The van der Waals surface area contributed by atoms with Gasteiger partial charge < -0.3 is 14.6 Å². The number of aliphatic hydroxyl groups is 1. The van der Waals surface area contributed by atoms with Crippen molar-refractivity contribution in [2.75, 3.05) is 0 Å². The molecule has 0 saturated carbocycles. The number of hydrogen-bond donors (Lipinski definition) is 1. The maximum Gasteiger partial charge on any atom is 0.205 e. The molecule has 4 nitrogen and oxygen atoms in total. The summed E-state index contributed by atoms with van der Waals surface area (Å²) in [6.45, 7) is 6.05. The molecular formula is C17H19NO3. The predicted octanol–water partition coefficient (Wildman–Crippen LogP) is 3.12. The van der Waals surface area contributed by atoms with Gasteiger partial charge in [0.15, 0.2) is 0 Å². The van der Waals surface area contributed by atoms with Crippen LogP contribution < -0.4 is 4.74 Å². The second-order valence-electron chi connectivity index (χ2n) is 5.71. The first-order chi connectivity index (χ1) is 9.98. The highest BCUT2D eigenvalue weighted by atomic mass is 16.7. The third kappa shape index (κ3) is 2.64. The Kier molecular flexibility index (Phi) is 3.43. The molecule has 0 radical (unpaired) electrons. The molecule has 1 aliphatic heterocycles. The molecule has 21 heavy (non-hydrogen) atoms. The van der Waals surface area contributed by atoms with E-state index in [9.17, 15) is 5.11 Å². The lowest BCUT2D eigenvalue weighted by atomic mass is 9.97. The highest BCUT2D eigenvalue weighted by Crippen LogP contribution is 2.38. The smallest absolute Gasteiger partial charge is 0.205 e. The van der Waals surface area contributed by atoms with Crippen molar-refractivity contribution >= 4 is 0 Å². The van der Waals surface area contributed by atoms with Gasteiger partial charge in [0, 0.05) is 31.2 Å². The highest BCUT2D eigenvalue weighted by molar-refractivity contribution is 5.46. The second-order valence-corrected chi connectivity index (χ2v) is 5.71. The fraction of sp³-hybridized carbons (Fsp3) is 0.353. The molecule has 1 N–H and O–H groups in total. The molecule has 1 aliphatic rings. The lowest BCUT2D eigenvalue weighted by molar-refractivity contribution is -0.181.